The number of hydrogen-bond donors (Lipinski definition) is 0. The maximum Gasteiger partial charge on any atom is 0.336 e. The van der Waals surface area contributed by atoms with Crippen LogP contribution >= 0.6 is 0 Å². The van der Waals surface area contributed by atoms with Gasteiger partial charge in [0.1, 0.15) is 5.75 Å². The van der Waals surface area contributed by atoms with E-state index in [1.807, 2.05) is 26.0 Å². The van der Waals surface area contributed by atoms with Crippen LogP contribution in [0, 0.1) is 5.92 Å². The first kappa shape index (κ1) is 18.5. The van der Waals surface area contributed by atoms with Gasteiger partial charge < -0.3 is 9.64 Å². The lowest BCUT2D eigenvalue weighted by atomic mass is 9.52. The highest BCUT2D eigenvalue weighted by Crippen LogP contribution is 2.55. The lowest BCUT2D eigenvalue weighted by Crippen LogP contribution is -2.59. The molecule has 144 valence electrons. The van der Waals surface area contributed by atoms with E-state index < -0.39 is 0 Å². The average molecular weight is 366 g/mol. The fraction of sp³-hybridized carbons (Fsp3) is 0.542. The molecule has 3 aliphatic rings. The molecule has 3 heteroatoms. The zero-order valence-corrected chi connectivity index (χ0v) is 16.8. The first-order valence-electron chi connectivity index (χ1n) is 10.4. The van der Waals surface area contributed by atoms with Gasteiger partial charge in [-0.25, -0.2) is 4.79 Å². The normalized spacial score (nSPS) is 29.7. The molecule has 4 rings (SSSR count). The van der Waals surface area contributed by atoms with Gasteiger partial charge in [0.25, 0.3) is 0 Å². The van der Waals surface area contributed by atoms with Crippen LogP contribution in [-0.4, -0.2) is 30.5 Å². The molecular weight excluding hydrogens is 334 g/mol. The summed E-state index contributed by atoms with van der Waals surface area (Å²) in [4.78, 5) is 14.7. The van der Waals surface area contributed by atoms with Gasteiger partial charge in [0.15, 0.2) is 0 Å². The number of nitrogens with zero attached hydrogens (tertiary/aromatic N) is 1. The third-order valence-corrected chi connectivity index (χ3v) is 6.97. The van der Waals surface area contributed by atoms with Crippen LogP contribution in [-0.2, 0) is 16.6 Å². The van der Waals surface area contributed by atoms with Gasteiger partial charge in [-0.3, -0.25) is 0 Å². The Bertz CT molecular complexity index is 790. The Hall–Kier alpha value is -1.87. The standard InChI is InChI=1S/C24H31NO2/c1-17(2)7-6-9-23(26)27-19-11-10-18-15-22-20-8-4-5-12-24(20,21(18)16-19)13-14-25(22)3/h6-7,9-11,16,20,22H,4-5,8,12-15H2,1-3H3/b9-6+/t20-,22+,24+/m1/s1. The number of likely N-dealkylation sites (N-methyl/N-ethyl adjacent to an activating group) is 1. The second-order valence-corrected chi connectivity index (χ2v) is 8.85. The van der Waals surface area contributed by atoms with Crippen LogP contribution in [0.3, 0.4) is 0 Å². The zero-order chi connectivity index (χ0) is 19.0. The molecule has 0 amide bonds. The number of likely N-dealkylation sites (tertiary alicyclic amines) is 1. The Balaban J connectivity index is 1.63. The molecule has 0 radical (unpaired) electrons. The first-order valence-corrected chi connectivity index (χ1v) is 10.4. The maximum atomic E-state index is 12.2. The van der Waals surface area contributed by atoms with Crippen molar-refractivity contribution >= 4 is 5.97 Å². The Morgan fingerprint density at radius 2 is 2.11 bits per heavy atom. The number of esters is 1. The van der Waals surface area contributed by atoms with Crippen molar-refractivity contribution < 1.29 is 9.53 Å². The third-order valence-electron chi connectivity index (χ3n) is 6.97. The van der Waals surface area contributed by atoms with E-state index in [2.05, 4.69) is 24.1 Å². The number of ether oxygens (including phenoxy) is 1. The van der Waals surface area contributed by atoms with E-state index in [0.717, 1.165) is 17.9 Å². The highest BCUT2D eigenvalue weighted by molar-refractivity contribution is 5.84. The quantitative estimate of drug-likeness (QED) is 0.333. The summed E-state index contributed by atoms with van der Waals surface area (Å²) < 4.78 is 5.63. The number of hydrogen-bond acceptors (Lipinski definition) is 3. The van der Waals surface area contributed by atoms with E-state index in [-0.39, 0.29) is 5.97 Å². The second kappa shape index (κ2) is 7.27. The van der Waals surface area contributed by atoms with Crippen molar-refractivity contribution in [1.29, 1.82) is 0 Å². The summed E-state index contributed by atoms with van der Waals surface area (Å²) >= 11 is 0. The van der Waals surface area contributed by atoms with Crippen LogP contribution in [0.5, 0.6) is 5.75 Å². The minimum atomic E-state index is -0.304. The predicted molar refractivity (Wildman–Crippen MR) is 109 cm³/mol. The molecule has 0 aromatic heterocycles. The predicted octanol–water partition coefficient (Wildman–Crippen LogP) is 4.80. The fourth-order valence-electron chi connectivity index (χ4n) is 5.71. The van der Waals surface area contributed by atoms with E-state index in [0.29, 0.717) is 17.2 Å². The average Bonchev–Trinajstić information content (AvgIpc) is 2.65. The maximum absolute atomic E-state index is 12.2. The fourth-order valence-corrected chi connectivity index (χ4v) is 5.71. The summed E-state index contributed by atoms with van der Waals surface area (Å²) in [5, 5.41) is 0. The van der Waals surface area contributed by atoms with Crippen molar-refractivity contribution in [2.45, 2.75) is 63.8 Å². The number of carbonyl (C=O) groups excluding carboxylic acids is 1. The van der Waals surface area contributed by atoms with Crippen molar-refractivity contribution in [2.24, 2.45) is 5.92 Å². The molecule has 0 N–H and O–H groups in total. The first-order chi connectivity index (χ1) is 13.0. The van der Waals surface area contributed by atoms with Gasteiger partial charge in [-0.2, -0.15) is 0 Å². The Labute approximate surface area is 163 Å². The number of fused-ring (bicyclic) bond motifs is 1. The van der Waals surface area contributed by atoms with Crippen molar-refractivity contribution in [2.75, 3.05) is 13.6 Å². The molecule has 0 unspecified atom stereocenters. The Kier molecular flexibility index (Phi) is 4.98. The number of rotatable bonds is 3. The van der Waals surface area contributed by atoms with Crippen LogP contribution in [0.15, 0.2) is 42.0 Å². The van der Waals surface area contributed by atoms with Crippen LogP contribution in [0.4, 0.5) is 0 Å². The smallest absolute Gasteiger partial charge is 0.336 e. The largest absolute Gasteiger partial charge is 0.423 e. The molecule has 3 atom stereocenters. The molecule has 0 spiro atoms. The molecule has 1 heterocycles. The molecule has 1 saturated heterocycles. The molecule has 1 aromatic carbocycles. The van der Waals surface area contributed by atoms with E-state index in [1.165, 1.54) is 55.9 Å². The van der Waals surface area contributed by atoms with Gasteiger partial charge in [-0.15, -0.1) is 0 Å². The van der Waals surface area contributed by atoms with Crippen molar-refractivity contribution in [3.63, 3.8) is 0 Å². The van der Waals surface area contributed by atoms with Crippen LogP contribution in [0.1, 0.15) is 57.1 Å². The van der Waals surface area contributed by atoms with Crippen molar-refractivity contribution in [1.82, 2.24) is 4.90 Å². The Morgan fingerprint density at radius 3 is 2.93 bits per heavy atom. The monoisotopic (exact) mass is 365 g/mol. The van der Waals surface area contributed by atoms with E-state index >= 15 is 0 Å². The molecule has 1 aromatic rings. The van der Waals surface area contributed by atoms with Gasteiger partial charge in [-0.05, 0) is 82.3 Å². The summed E-state index contributed by atoms with van der Waals surface area (Å²) in [5.41, 5.74) is 4.38. The molecule has 1 saturated carbocycles. The lowest BCUT2D eigenvalue weighted by Gasteiger charge is -2.58. The summed E-state index contributed by atoms with van der Waals surface area (Å²) in [5.74, 6) is 1.14. The SMILES string of the molecule is CC(C)=C/C=C/C(=O)Oc1ccc2c(c1)[C@]13CCCC[C@@H]1[C@H](C2)N(C)CC3. The zero-order valence-electron chi connectivity index (χ0n) is 16.8. The minimum absolute atomic E-state index is 0.295. The van der Waals surface area contributed by atoms with E-state index in [1.54, 1.807) is 6.08 Å². The molecule has 2 bridgehead atoms. The number of piperidine rings is 1. The van der Waals surface area contributed by atoms with Crippen molar-refractivity contribution in [3.8, 4) is 5.75 Å². The molecule has 2 fully saturated rings. The summed E-state index contributed by atoms with van der Waals surface area (Å²) in [6.45, 7) is 5.19. The summed E-state index contributed by atoms with van der Waals surface area (Å²) in [7, 11) is 2.29. The molecule has 2 aliphatic carbocycles. The molecular formula is C24H31NO2. The topological polar surface area (TPSA) is 29.5 Å². The van der Waals surface area contributed by atoms with Gasteiger partial charge in [0, 0.05) is 17.5 Å². The van der Waals surface area contributed by atoms with Gasteiger partial charge in [-0.1, -0.05) is 36.6 Å². The van der Waals surface area contributed by atoms with Crippen LogP contribution < -0.4 is 4.74 Å². The number of benzene rings is 1. The highest BCUT2D eigenvalue weighted by Gasteiger charge is 2.53. The molecule has 27 heavy (non-hydrogen) atoms. The van der Waals surface area contributed by atoms with Crippen LogP contribution in [0.25, 0.3) is 0 Å². The highest BCUT2D eigenvalue weighted by atomic mass is 16.5. The van der Waals surface area contributed by atoms with Crippen LogP contribution in [0.2, 0.25) is 0 Å². The lowest BCUT2D eigenvalue weighted by molar-refractivity contribution is -0.129. The van der Waals surface area contributed by atoms with Gasteiger partial charge in [0.05, 0.1) is 0 Å². The summed E-state index contributed by atoms with van der Waals surface area (Å²) in [6.07, 6.45) is 12.8. The summed E-state index contributed by atoms with van der Waals surface area (Å²) in [6, 6.07) is 7.03. The van der Waals surface area contributed by atoms with E-state index in [9.17, 15) is 4.79 Å². The van der Waals surface area contributed by atoms with Gasteiger partial charge >= 0.3 is 5.97 Å². The number of allylic oxidation sites excluding steroid dienone is 3. The number of carbonyl (C=O) groups is 1. The molecule has 1 aliphatic heterocycles. The third kappa shape index (κ3) is 3.38. The second-order valence-electron chi connectivity index (χ2n) is 8.85. The van der Waals surface area contributed by atoms with Gasteiger partial charge in [0.2, 0.25) is 0 Å². The Morgan fingerprint density at radius 1 is 1.26 bits per heavy atom. The van der Waals surface area contributed by atoms with Crippen molar-refractivity contribution in [3.05, 3.63) is 53.1 Å². The molecule has 3 nitrogen and oxygen atoms in total. The van der Waals surface area contributed by atoms with E-state index in [4.69, 9.17) is 4.74 Å². The minimum Gasteiger partial charge on any atom is -0.423 e.